The van der Waals surface area contributed by atoms with Crippen LogP contribution in [0.5, 0.6) is 0 Å². The van der Waals surface area contributed by atoms with Gasteiger partial charge in [0.05, 0.1) is 0 Å². The Hall–Kier alpha value is -1.40. The minimum atomic E-state index is -0.195. The van der Waals surface area contributed by atoms with Gasteiger partial charge in [0.15, 0.2) is 11.5 Å². The second-order valence-electron chi connectivity index (χ2n) is 4.45. The average molecular weight is 253 g/mol. The van der Waals surface area contributed by atoms with Crippen molar-refractivity contribution in [3.05, 3.63) is 17.5 Å². The SMILES string of the molecule is COCc1cc(C(=O)NCC[C@H]2CCCN2)no1. The van der Waals surface area contributed by atoms with E-state index in [1.807, 2.05) is 0 Å². The molecule has 100 valence electrons. The molecule has 6 nitrogen and oxygen atoms in total. The Balaban J connectivity index is 1.72. The molecule has 2 rings (SSSR count). The van der Waals surface area contributed by atoms with Gasteiger partial charge in [0.2, 0.25) is 0 Å². The monoisotopic (exact) mass is 253 g/mol. The van der Waals surface area contributed by atoms with Crippen LogP contribution in [0.15, 0.2) is 10.6 Å². The summed E-state index contributed by atoms with van der Waals surface area (Å²) in [5.74, 6) is 0.360. The Morgan fingerprint density at radius 3 is 3.33 bits per heavy atom. The number of methoxy groups -OCH3 is 1. The quantitative estimate of drug-likeness (QED) is 0.780. The number of carbonyl (C=O) groups is 1. The van der Waals surface area contributed by atoms with E-state index in [1.165, 1.54) is 12.8 Å². The molecule has 1 aliphatic rings. The summed E-state index contributed by atoms with van der Waals surface area (Å²) < 4.78 is 9.85. The van der Waals surface area contributed by atoms with Crippen molar-refractivity contribution in [3.8, 4) is 0 Å². The third-order valence-electron chi connectivity index (χ3n) is 3.02. The predicted molar refractivity (Wildman–Crippen MR) is 65.2 cm³/mol. The largest absolute Gasteiger partial charge is 0.377 e. The summed E-state index contributed by atoms with van der Waals surface area (Å²) in [6, 6.07) is 2.14. The van der Waals surface area contributed by atoms with E-state index >= 15 is 0 Å². The summed E-state index contributed by atoms with van der Waals surface area (Å²) in [4.78, 5) is 11.7. The van der Waals surface area contributed by atoms with Gasteiger partial charge < -0.3 is 19.9 Å². The number of rotatable bonds is 6. The number of nitrogens with zero attached hydrogens (tertiary/aromatic N) is 1. The van der Waals surface area contributed by atoms with Crippen molar-refractivity contribution in [1.82, 2.24) is 15.8 Å². The van der Waals surface area contributed by atoms with Crippen molar-refractivity contribution in [2.75, 3.05) is 20.2 Å². The van der Waals surface area contributed by atoms with Gasteiger partial charge in [-0.25, -0.2) is 0 Å². The van der Waals surface area contributed by atoms with Crippen molar-refractivity contribution >= 4 is 5.91 Å². The smallest absolute Gasteiger partial charge is 0.273 e. The molecule has 1 atom stereocenters. The van der Waals surface area contributed by atoms with Crippen molar-refractivity contribution in [2.45, 2.75) is 31.9 Å². The molecular formula is C12H19N3O3. The van der Waals surface area contributed by atoms with E-state index in [4.69, 9.17) is 9.26 Å². The Labute approximate surface area is 106 Å². The lowest BCUT2D eigenvalue weighted by Crippen LogP contribution is -2.30. The molecule has 0 spiro atoms. The number of carbonyl (C=O) groups excluding carboxylic acids is 1. The van der Waals surface area contributed by atoms with Crippen LogP contribution in [-0.2, 0) is 11.3 Å². The molecule has 18 heavy (non-hydrogen) atoms. The zero-order valence-electron chi connectivity index (χ0n) is 10.6. The lowest BCUT2D eigenvalue weighted by Gasteiger charge is -2.09. The fraction of sp³-hybridized carbons (Fsp3) is 0.667. The van der Waals surface area contributed by atoms with Crippen molar-refractivity contribution < 1.29 is 14.1 Å². The van der Waals surface area contributed by atoms with Crippen LogP contribution in [0.1, 0.15) is 35.5 Å². The molecule has 1 aromatic heterocycles. The van der Waals surface area contributed by atoms with Crippen LogP contribution < -0.4 is 10.6 Å². The maximum Gasteiger partial charge on any atom is 0.273 e. The third kappa shape index (κ3) is 3.54. The van der Waals surface area contributed by atoms with Gasteiger partial charge in [-0.15, -0.1) is 0 Å². The van der Waals surface area contributed by atoms with E-state index in [9.17, 15) is 4.79 Å². The molecule has 0 aromatic carbocycles. The Morgan fingerprint density at radius 2 is 2.61 bits per heavy atom. The average Bonchev–Trinajstić information content (AvgIpc) is 3.00. The van der Waals surface area contributed by atoms with Crippen LogP contribution in [-0.4, -0.2) is 37.3 Å². The van der Waals surface area contributed by atoms with E-state index in [2.05, 4.69) is 15.8 Å². The first-order chi connectivity index (χ1) is 8.79. The first-order valence-corrected chi connectivity index (χ1v) is 6.25. The Bertz CT molecular complexity index is 386. The van der Waals surface area contributed by atoms with Gasteiger partial charge in [0.1, 0.15) is 6.61 Å². The van der Waals surface area contributed by atoms with E-state index in [-0.39, 0.29) is 5.91 Å². The Morgan fingerprint density at radius 1 is 1.72 bits per heavy atom. The molecular weight excluding hydrogens is 234 g/mol. The molecule has 0 radical (unpaired) electrons. The van der Waals surface area contributed by atoms with Crippen LogP contribution >= 0.6 is 0 Å². The van der Waals surface area contributed by atoms with E-state index in [0.717, 1.165) is 13.0 Å². The molecule has 1 aromatic rings. The highest BCUT2D eigenvalue weighted by atomic mass is 16.5. The summed E-state index contributed by atoms with van der Waals surface area (Å²) in [7, 11) is 1.57. The van der Waals surface area contributed by atoms with E-state index < -0.39 is 0 Å². The minimum Gasteiger partial charge on any atom is -0.377 e. The summed E-state index contributed by atoms with van der Waals surface area (Å²) in [6.07, 6.45) is 3.37. The van der Waals surface area contributed by atoms with Gasteiger partial charge in [-0.1, -0.05) is 5.16 Å². The summed E-state index contributed by atoms with van der Waals surface area (Å²) >= 11 is 0. The molecule has 0 aliphatic carbocycles. The van der Waals surface area contributed by atoms with Gasteiger partial charge >= 0.3 is 0 Å². The zero-order chi connectivity index (χ0) is 12.8. The van der Waals surface area contributed by atoms with Crippen molar-refractivity contribution in [2.24, 2.45) is 0 Å². The van der Waals surface area contributed by atoms with Gasteiger partial charge in [0.25, 0.3) is 5.91 Å². The van der Waals surface area contributed by atoms with Crippen LogP contribution in [0.2, 0.25) is 0 Å². The lowest BCUT2D eigenvalue weighted by molar-refractivity contribution is 0.0942. The second-order valence-corrected chi connectivity index (χ2v) is 4.45. The van der Waals surface area contributed by atoms with E-state index in [1.54, 1.807) is 13.2 Å². The molecule has 0 bridgehead atoms. The van der Waals surface area contributed by atoms with E-state index in [0.29, 0.717) is 30.6 Å². The first kappa shape index (κ1) is 13.0. The highest BCUT2D eigenvalue weighted by Gasteiger charge is 2.15. The van der Waals surface area contributed by atoms with Crippen molar-refractivity contribution in [3.63, 3.8) is 0 Å². The lowest BCUT2D eigenvalue weighted by atomic mass is 10.1. The summed E-state index contributed by atoms with van der Waals surface area (Å²) in [5.41, 5.74) is 0.307. The molecule has 1 fully saturated rings. The molecule has 1 saturated heterocycles. The number of nitrogens with one attached hydrogen (secondary N) is 2. The number of aromatic nitrogens is 1. The maximum atomic E-state index is 11.7. The number of hydrogen-bond donors (Lipinski definition) is 2. The van der Waals surface area contributed by atoms with Gasteiger partial charge in [-0.05, 0) is 25.8 Å². The Kier molecular flexibility index (Phi) is 4.72. The summed E-state index contributed by atoms with van der Waals surface area (Å²) in [6.45, 7) is 2.07. The normalized spacial score (nSPS) is 19.1. The maximum absolute atomic E-state index is 11.7. The first-order valence-electron chi connectivity index (χ1n) is 6.25. The second kappa shape index (κ2) is 6.51. The fourth-order valence-electron chi connectivity index (χ4n) is 2.08. The molecule has 2 heterocycles. The topological polar surface area (TPSA) is 76.4 Å². The van der Waals surface area contributed by atoms with Gasteiger partial charge in [-0.3, -0.25) is 4.79 Å². The zero-order valence-corrected chi connectivity index (χ0v) is 10.6. The number of hydrogen-bond acceptors (Lipinski definition) is 5. The van der Waals surface area contributed by atoms with Crippen LogP contribution in [0.4, 0.5) is 0 Å². The molecule has 0 saturated carbocycles. The van der Waals surface area contributed by atoms with Gasteiger partial charge in [0, 0.05) is 25.8 Å². The van der Waals surface area contributed by atoms with Crippen LogP contribution in [0.3, 0.4) is 0 Å². The van der Waals surface area contributed by atoms with Crippen LogP contribution in [0.25, 0.3) is 0 Å². The molecule has 0 unspecified atom stereocenters. The molecule has 1 amide bonds. The standard InChI is InChI=1S/C12H19N3O3/c1-17-8-10-7-11(15-18-10)12(16)14-6-4-9-3-2-5-13-9/h7,9,13H,2-6,8H2,1H3,(H,14,16)/t9-/m1/s1. The predicted octanol–water partition coefficient (Wildman–Crippen LogP) is 0.693. The fourth-order valence-corrected chi connectivity index (χ4v) is 2.08. The number of ether oxygens (including phenoxy) is 1. The minimum absolute atomic E-state index is 0.195. The molecule has 6 heteroatoms. The number of amides is 1. The highest BCUT2D eigenvalue weighted by Crippen LogP contribution is 2.08. The summed E-state index contributed by atoms with van der Waals surface area (Å²) in [5, 5.41) is 9.93. The van der Waals surface area contributed by atoms with Gasteiger partial charge in [-0.2, -0.15) is 0 Å². The highest BCUT2D eigenvalue weighted by molar-refractivity contribution is 5.92. The van der Waals surface area contributed by atoms with Crippen molar-refractivity contribution in [1.29, 1.82) is 0 Å². The third-order valence-corrected chi connectivity index (χ3v) is 3.02. The van der Waals surface area contributed by atoms with Crippen LogP contribution in [0, 0.1) is 0 Å². The molecule has 1 aliphatic heterocycles. The molecule has 2 N–H and O–H groups in total.